The highest BCUT2D eigenvalue weighted by molar-refractivity contribution is 5.56. The van der Waals surface area contributed by atoms with Gasteiger partial charge in [0.05, 0.1) is 11.8 Å². The second kappa shape index (κ2) is 6.07. The molecule has 0 aromatic heterocycles. The van der Waals surface area contributed by atoms with Crippen LogP contribution < -0.4 is 10.1 Å². The Morgan fingerprint density at radius 1 is 1.20 bits per heavy atom. The topological polar surface area (TPSA) is 21.3 Å². The van der Waals surface area contributed by atoms with E-state index in [1.807, 2.05) is 6.07 Å². The molecule has 0 aliphatic heterocycles. The molecule has 2 rings (SSSR count). The number of para-hydroxylation sites is 2. The quantitative estimate of drug-likeness (QED) is 0.825. The summed E-state index contributed by atoms with van der Waals surface area (Å²) in [6.07, 6.45) is 4.02. The lowest BCUT2D eigenvalue weighted by molar-refractivity contribution is 0.177. The van der Waals surface area contributed by atoms with Crippen LogP contribution in [0.5, 0.6) is 5.75 Å². The number of rotatable bonds is 4. The second-order valence-electron chi connectivity index (χ2n) is 7.42. The van der Waals surface area contributed by atoms with Gasteiger partial charge in [-0.3, -0.25) is 0 Å². The Bertz CT molecular complexity index is 439. The van der Waals surface area contributed by atoms with Crippen LogP contribution in [0.25, 0.3) is 0 Å². The number of ether oxygens (including phenoxy) is 1. The molecule has 1 saturated carbocycles. The Labute approximate surface area is 123 Å². The van der Waals surface area contributed by atoms with Crippen LogP contribution in [0.3, 0.4) is 0 Å². The van der Waals surface area contributed by atoms with Crippen molar-refractivity contribution in [3.8, 4) is 5.75 Å². The minimum atomic E-state index is 0.208. The molecule has 2 heteroatoms. The zero-order chi connectivity index (χ0) is 14.8. The third kappa shape index (κ3) is 4.16. The molecule has 1 aromatic carbocycles. The normalized spacial score (nSPS) is 25.5. The molecule has 0 heterocycles. The minimum Gasteiger partial charge on any atom is -0.489 e. The van der Waals surface area contributed by atoms with E-state index in [-0.39, 0.29) is 6.10 Å². The van der Waals surface area contributed by atoms with Gasteiger partial charge < -0.3 is 10.1 Å². The first-order valence-corrected chi connectivity index (χ1v) is 7.88. The lowest BCUT2D eigenvalue weighted by Crippen LogP contribution is -2.35. The summed E-state index contributed by atoms with van der Waals surface area (Å²) in [6, 6.07) is 8.85. The Hall–Kier alpha value is -1.18. The van der Waals surface area contributed by atoms with Gasteiger partial charge in [0.2, 0.25) is 0 Å². The number of hydrogen-bond donors (Lipinski definition) is 1. The molecule has 20 heavy (non-hydrogen) atoms. The van der Waals surface area contributed by atoms with Gasteiger partial charge in [-0.15, -0.1) is 0 Å². The van der Waals surface area contributed by atoms with Crippen molar-refractivity contribution in [2.24, 2.45) is 11.3 Å². The predicted molar refractivity (Wildman–Crippen MR) is 86.4 cm³/mol. The molecule has 0 amide bonds. The molecule has 2 unspecified atom stereocenters. The van der Waals surface area contributed by atoms with Crippen molar-refractivity contribution in [1.82, 2.24) is 0 Å². The smallest absolute Gasteiger partial charge is 0.142 e. The van der Waals surface area contributed by atoms with Crippen molar-refractivity contribution in [2.45, 2.75) is 66.0 Å². The summed E-state index contributed by atoms with van der Waals surface area (Å²) in [4.78, 5) is 0. The number of benzene rings is 1. The molecule has 1 fully saturated rings. The molecule has 0 saturated heterocycles. The summed E-state index contributed by atoms with van der Waals surface area (Å²) < 4.78 is 5.90. The SMILES string of the molecule is CC1CC(Nc2ccccc2OC(C)C)CC(C)(C)C1. The molecule has 112 valence electrons. The van der Waals surface area contributed by atoms with Crippen molar-refractivity contribution in [3.05, 3.63) is 24.3 Å². The lowest BCUT2D eigenvalue weighted by Gasteiger charge is -2.39. The van der Waals surface area contributed by atoms with Crippen LogP contribution in [0.15, 0.2) is 24.3 Å². The Morgan fingerprint density at radius 3 is 2.55 bits per heavy atom. The van der Waals surface area contributed by atoms with E-state index in [4.69, 9.17) is 4.74 Å². The monoisotopic (exact) mass is 275 g/mol. The van der Waals surface area contributed by atoms with Crippen molar-refractivity contribution in [1.29, 1.82) is 0 Å². The van der Waals surface area contributed by atoms with Crippen molar-refractivity contribution < 1.29 is 4.74 Å². The van der Waals surface area contributed by atoms with E-state index < -0.39 is 0 Å². The molecule has 1 aromatic rings. The molecule has 1 aliphatic carbocycles. The highest BCUT2D eigenvalue weighted by atomic mass is 16.5. The minimum absolute atomic E-state index is 0.208. The summed E-state index contributed by atoms with van der Waals surface area (Å²) in [5.74, 6) is 1.76. The van der Waals surface area contributed by atoms with E-state index in [1.165, 1.54) is 19.3 Å². The maximum absolute atomic E-state index is 5.90. The van der Waals surface area contributed by atoms with E-state index in [1.54, 1.807) is 0 Å². The zero-order valence-corrected chi connectivity index (χ0v) is 13.6. The molecule has 0 spiro atoms. The van der Waals surface area contributed by atoms with Gasteiger partial charge in [0.25, 0.3) is 0 Å². The van der Waals surface area contributed by atoms with Crippen LogP contribution in [0.1, 0.15) is 53.9 Å². The van der Waals surface area contributed by atoms with Crippen LogP contribution in [0.2, 0.25) is 0 Å². The first kappa shape index (κ1) is 15.2. The van der Waals surface area contributed by atoms with Crippen LogP contribution in [0, 0.1) is 11.3 Å². The summed E-state index contributed by atoms with van der Waals surface area (Å²) in [5, 5.41) is 3.72. The van der Waals surface area contributed by atoms with E-state index in [9.17, 15) is 0 Å². The van der Waals surface area contributed by atoms with Crippen molar-refractivity contribution in [2.75, 3.05) is 5.32 Å². The third-order valence-electron chi connectivity index (χ3n) is 4.00. The zero-order valence-electron chi connectivity index (χ0n) is 13.6. The summed E-state index contributed by atoms with van der Waals surface area (Å²) in [5.41, 5.74) is 1.57. The standard InChI is InChI=1S/C18H29NO/c1-13(2)20-17-9-7-6-8-16(17)19-15-10-14(3)11-18(4,5)12-15/h6-9,13-15,19H,10-12H2,1-5H3. The Balaban J connectivity index is 2.09. The van der Waals surface area contributed by atoms with E-state index in [0.717, 1.165) is 17.4 Å². The summed E-state index contributed by atoms with van der Waals surface area (Å²) in [6.45, 7) is 11.3. The van der Waals surface area contributed by atoms with Gasteiger partial charge in [-0.2, -0.15) is 0 Å². The molecule has 0 bridgehead atoms. The first-order valence-electron chi connectivity index (χ1n) is 7.88. The van der Waals surface area contributed by atoms with Crippen molar-refractivity contribution >= 4 is 5.69 Å². The van der Waals surface area contributed by atoms with Crippen molar-refractivity contribution in [3.63, 3.8) is 0 Å². The second-order valence-corrected chi connectivity index (χ2v) is 7.42. The molecule has 0 radical (unpaired) electrons. The van der Waals surface area contributed by atoms with E-state index in [2.05, 4.69) is 58.1 Å². The molecule has 1 aliphatic rings. The van der Waals surface area contributed by atoms with Gasteiger partial charge in [-0.1, -0.05) is 32.9 Å². The molecular weight excluding hydrogens is 246 g/mol. The number of hydrogen-bond acceptors (Lipinski definition) is 2. The summed E-state index contributed by atoms with van der Waals surface area (Å²) >= 11 is 0. The first-order chi connectivity index (χ1) is 9.35. The largest absolute Gasteiger partial charge is 0.489 e. The van der Waals surface area contributed by atoms with Crippen LogP contribution in [-0.4, -0.2) is 12.1 Å². The molecular formula is C18H29NO. The van der Waals surface area contributed by atoms with Gasteiger partial charge in [0.1, 0.15) is 5.75 Å². The third-order valence-corrected chi connectivity index (χ3v) is 4.00. The lowest BCUT2D eigenvalue weighted by atomic mass is 9.70. The Kier molecular flexibility index (Phi) is 4.62. The highest BCUT2D eigenvalue weighted by Crippen LogP contribution is 2.40. The van der Waals surface area contributed by atoms with Crippen LogP contribution in [0.4, 0.5) is 5.69 Å². The molecule has 1 N–H and O–H groups in total. The van der Waals surface area contributed by atoms with E-state index in [0.29, 0.717) is 11.5 Å². The molecule has 2 atom stereocenters. The number of anilines is 1. The maximum atomic E-state index is 5.90. The van der Waals surface area contributed by atoms with Gasteiger partial charge in [-0.25, -0.2) is 0 Å². The number of nitrogens with one attached hydrogen (secondary N) is 1. The highest BCUT2D eigenvalue weighted by Gasteiger charge is 2.32. The van der Waals surface area contributed by atoms with Gasteiger partial charge in [0, 0.05) is 6.04 Å². The fraction of sp³-hybridized carbons (Fsp3) is 0.667. The van der Waals surface area contributed by atoms with Gasteiger partial charge in [-0.05, 0) is 56.6 Å². The predicted octanol–water partition coefficient (Wildman–Crippen LogP) is 5.10. The maximum Gasteiger partial charge on any atom is 0.142 e. The average molecular weight is 275 g/mol. The molecule has 2 nitrogen and oxygen atoms in total. The van der Waals surface area contributed by atoms with Crippen LogP contribution >= 0.6 is 0 Å². The van der Waals surface area contributed by atoms with Gasteiger partial charge >= 0.3 is 0 Å². The van der Waals surface area contributed by atoms with E-state index >= 15 is 0 Å². The van der Waals surface area contributed by atoms with Gasteiger partial charge in [0.15, 0.2) is 0 Å². The fourth-order valence-electron chi connectivity index (χ4n) is 3.62. The Morgan fingerprint density at radius 2 is 1.90 bits per heavy atom. The van der Waals surface area contributed by atoms with Crippen LogP contribution in [-0.2, 0) is 0 Å². The average Bonchev–Trinajstić information content (AvgIpc) is 2.28. The fourth-order valence-corrected chi connectivity index (χ4v) is 3.62. The summed E-state index contributed by atoms with van der Waals surface area (Å²) in [7, 11) is 0.